The number of para-hydroxylation sites is 1. The molecule has 2 aliphatic heterocycles. The van der Waals surface area contributed by atoms with Crippen LogP contribution in [-0.4, -0.2) is 41.7 Å². The van der Waals surface area contributed by atoms with Crippen LogP contribution >= 0.6 is 0 Å². The summed E-state index contributed by atoms with van der Waals surface area (Å²) < 4.78 is 5.79. The second kappa shape index (κ2) is 7.77. The molecule has 0 radical (unpaired) electrons. The highest BCUT2D eigenvalue weighted by atomic mass is 16.3. The van der Waals surface area contributed by atoms with E-state index in [2.05, 4.69) is 10.6 Å². The molecule has 1 aromatic heterocycles. The van der Waals surface area contributed by atoms with Crippen LogP contribution in [0.5, 0.6) is 0 Å². The van der Waals surface area contributed by atoms with Gasteiger partial charge in [0.15, 0.2) is 5.54 Å². The van der Waals surface area contributed by atoms with E-state index in [1.54, 1.807) is 48.2 Å². The van der Waals surface area contributed by atoms with E-state index in [0.717, 1.165) is 22.4 Å². The predicted octanol–water partition coefficient (Wildman–Crippen LogP) is 2.97. The topological polar surface area (TPSA) is 112 Å². The van der Waals surface area contributed by atoms with Gasteiger partial charge in [0, 0.05) is 29.7 Å². The van der Waals surface area contributed by atoms with Crippen molar-refractivity contribution in [2.45, 2.75) is 25.3 Å². The van der Waals surface area contributed by atoms with Crippen LogP contribution in [-0.2, 0) is 19.9 Å². The zero-order chi connectivity index (χ0) is 23.2. The molecule has 5 rings (SSSR count). The number of imide groups is 1. The lowest BCUT2D eigenvalue weighted by atomic mass is 9.99. The molecule has 5 amide bonds. The lowest BCUT2D eigenvalue weighted by molar-refractivity contribution is -0.134. The molecule has 0 bridgehead atoms. The van der Waals surface area contributed by atoms with Gasteiger partial charge in [-0.1, -0.05) is 18.2 Å². The molecule has 2 N–H and O–H groups in total. The Morgan fingerprint density at radius 2 is 1.88 bits per heavy atom. The number of nitrogens with one attached hydrogen (secondary N) is 2. The lowest BCUT2D eigenvalue weighted by Gasteiger charge is -2.19. The van der Waals surface area contributed by atoms with E-state index >= 15 is 0 Å². The van der Waals surface area contributed by atoms with Gasteiger partial charge in [-0.2, -0.15) is 0 Å². The fraction of sp³-hybridized carbons (Fsp3) is 0.250. The standard InChI is InChI=1S/C24H22N4O5/c1-24(19-13-15-5-2-3-6-18(15)33-19)22(31)28(23(32)26-24)14-20(29)25-16-8-10-17(11-9-16)27-12-4-7-21(27)30/h2-3,5-6,8-11,13H,4,7,12,14H2,1H3,(H,25,29)(H,26,32)/t24-/m0/s1. The zero-order valence-electron chi connectivity index (χ0n) is 18.0. The number of furan rings is 1. The Bertz CT molecular complexity index is 1250. The number of fused-ring (bicyclic) bond motifs is 1. The van der Waals surface area contributed by atoms with Crippen LogP contribution in [0.15, 0.2) is 59.0 Å². The Balaban J connectivity index is 1.27. The van der Waals surface area contributed by atoms with Gasteiger partial charge < -0.3 is 20.0 Å². The fourth-order valence-corrected chi connectivity index (χ4v) is 4.23. The van der Waals surface area contributed by atoms with E-state index < -0.39 is 29.9 Å². The van der Waals surface area contributed by atoms with Crippen molar-refractivity contribution < 1.29 is 23.6 Å². The van der Waals surface area contributed by atoms with Crippen molar-refractivity contribution >= 4 is 46.1 Å². The molecular weight excluding hydrogens is 424 g/mol. The molecule has 0 aliphatic carbocycles. The van der Waals surface area contributed by atoms with Crippen LogP contribution in [0.1, 0.15) is 25.5 Å². The van der Waals surface area contributed by atoms with Crippen molar-refractivity contribution in [2.75, 3.05) is 23.3 Å². The van der Waals surface area contributed by atoms with Crippen LogP contribution in [0, 0.1) is 0 Å². The molecule has 9 nitrogen and oxygen atoms in total. The molecule has 3 heterocycles. The number of hydrogen-bond acceptors (Lipinski definition) is 5. The molecule has 0 unspecified atom stereocenters. The molecule has 3 aromatic rings. The summed E-state index contributed by atoms with van der Waals surface area (Å²) in [5.74, 6) is -0.697. The summed E-state index contributed by atoms with van der Waals surface area (Å²) in [4.78, 5) is 52.6. The number of anilines is 2. The van der Waals surface area contributed by atoms with Gasteiger partial charge >= 0.3 is 6.03 Å². The maximum atomic E-state index is 13.1. The summed E-state index contributed by atoms with van der Waals surface area (Å²) in [6, 6.07) is 15.2. The van der Waals surface area contributed by atoms with Crippen molar-refractivity contribution in [1.82, 2.24) is 10.2 Å². The van der Waals surface area contributed by atoms with Gasteiger partial charge in [-0.05, 0) is 49.7 Å². The number of carbonyl (C=O) groups is 4. The number of urea groups is 1. The Hall–Kier alpha value is -4.14. The Kier molecular flexibility index (Phi) is 4.88. The normalized spacial score (nSPS) is 20.6. The third-order valence-corrected chi connectivity index (χ3v) is 6.03. The van der Waals surface area contributed by atoms with Crippen LogP contribution in [0.2, 0.25) is 0 Å². The second-order valence-corrected chi connectivity index (χ2v) is 8.34. The first-order chi connectivity index (χ1) is 15.8. The summed E-state index contributed by atoms with van der Waals surface area (Å²) in [6.07, 6.45) is 1.37. The summed E-state index contributed by atoms with van der Waals surface area (Å²) in [5.41, 5.74) is 0.472. The first-order valence-electron chi connectivity index (χ1n) is 10.7. The van der Waals surface area contributed by atoms with Gasteiger partial charge in [0.1, 0.15) is 17.9 Å². The number of nitrogens with zero attached hydrogens (tertiary/aromatic N) is 2. The molecule has 9 heteroatoms. The van der Waals surface area contributed by atoms with E-state index in [1.807, 2.05) is 18.2 Å². The molecule has 33 heavy (non-hydrogen) atoms. The van der Waals surface area contributed by atoms with Crippen molar-refractivity contribution in [3.05, 3.63) is 60.4 Å². The van der Waals surface area contributed by atoms with Crippen molar-refractivity contribution in [3.8, 4) is 0 Å². The number of hydrogen-bond donors (Lipinski definition) is 2. The smallest absolute Gasteiger partial charge is 0.325 e. The summed E-state index contributed by atoms with van der Waals surface area (Å²) in [7, 11) is 0. The fourth-order valence-electron chi connectivity index (χ4n) is 4.23. The molecule has 2 saturated heterocycles. The minimum Gasteiger partial charge on any atom is -0.458 e. The van der Waals surface area contributed by atoms with Gasteiger partial charge in [-0.3, -0.25) is 19.3 Å². The van der Waals surface area contributed by atoms with Gasteiger partial charge in [0.25, 0.3) is 5.91 Å². The van der Waals surface area contributed by atoms with Gasteiger partial charge in [-0.15, -0.1) is 0 Å². The number of carbonyl (C=O) groups excluding carboxylic acids is 4. The van der Waals surface area contributed by atoms with Gasteiger partial charge in [0.2, 0.25) is 11.8 Å². The van der Waals surface area contributed by atoms with Crippen LogP contribution in [0.3, 0.4) is 0 Å². The van der Waals surface area contributed by atoms with E-state index in [-0.39, 0.29) is 5.91 Å². The SMILES string of the molecule is C[C@@]1(c2cc3ccccc3o2)NC(=O)N(CC(=O)Nc2ccc(N3CCCC3=O)cc2)C1=O. The van der Waals surface area contributed by atoms with Crippen molar-refractivity contribution in [3.63, 3.8) is 0 Å². The van der Waals surface area contributed by atoms with Crippen molar-refractivity contribution in [1.29, 1.82) is 0 Å². The lowest BCUT2D eigenvalue weighted by Crippen LogP contribution is -2.41. The molecular formula is C24H22N4O5. The molecule has 168 valence electrons. The highest BCUT2D eigenvalue weighted by Crippen LogP contribution is 2.33. The monoisotopic (exact) mass is 446 g/mol. The third-order valence-electron chi connectivity index (χ3n) is 6.03. The first kappa shape index (κ1) is 20.7. The molecule has 2 aromatic carbocycles. The second-order valence-electron chi connectivity index (χ2n) is 8.34. The highest BCUT2D eigenvalue weighted by molar-refractivity contribution is 6.10. The van der Waals surface area contributed by atoms with Crippen molar-refractivity contribution in [2.24, 2.45) is 0 Å². The van der Waals surface area contributed by atoms with E-state index in [9.17, 15) is 19.2 Å². The van der Waals surface area contributed by atoms with E-state index in [4.69, 9.17) is 4.42 Å². The van der Waals surface area contributed by atoms with E-state index in [0.29, 0.717) is 30.0 Å². The largest absolute Gasteiger partial charge is 0.458 e. The van der Waals surface area contributed by atoms with E-state index in [1.165, 1.54) is 0 Å². The maximum absolute atomic E-state index is 13.1. The molecule has 0 spiro atoms. The average molecular weight is 446 g/mol. The minimum atomic E-state index is -1.40. The molecule has 2 aliphatic rings. The molecule has 0 saturated carbocycles. The van der Waals surface area contributed by atoms with Gasteiger partial charge in [0.05, 0.1) is 0 Å². The molecule has 2 fully saturated rings. The van der Waals surface area contributed by atoms with Crippen LogP contribution < -0.4 is 15.5 Å². The van der Waals surface area contributed by atoms with Crippen LogP contribution in [0.25, 0.3) is 11.0 Å². The summed E-state index contributed by atoms with van der Waals surface area (Å²) >= 11 is 0. The predicted molar refractivity (Wildman–Crippen MR) is 120 cm³/mol. The highest BCUT2D eigenvalue weighted by Gasteiger charge is 2.51. The third kappa shape index (κ3) is 3.61. The van der Waals surface area contributed by atoms with Crippen LogP contribution in [0.4, 0.5) is 16.2 Å². The first-order valence-corrected chi connectivity index (χ1v) is 10.7. The van der Waals surface area contributed by atoms with Gasteiger partial charge in [-0.25, -0.2) is 4.79 Å². The zero-order valence-corrected chi connectivity index (χ0v) is 18.0. The quantitative estimate of drug-likeness (QED) is 0.585. The Labute approximate surface area is 189 Å². The summed E-state index contributed by atoms with van der Waals surface area (Å²) in [5, 5.41) is 6.14. The maximum Gasteiger partial charge on any atom is 0.325 e. The number of rotatable bonds is 5. The number of benzene rings is 2. The molecule has 1 atom stereocenters. The number of amides is 5. The average Bonchev–Trinajstić information content (AvgIpc) is 3.48. The minimum absolute atomic E-state index is 0.0813. The Morgan fingerprint density at radius 1 is 1.12 bits per heavy atom. The summed E-state index contributed by atoms with van der Waals surface area (Å²) in [6.45, 7) is 1.80. The Morgan fingerprint density at radius 3 is 2.58 bits per heavy atom.